The first-order valence-electron chi connectivity index (χ1n) is 8.12. The van der Waals surface area contributed by atoms with Gasteiger partial charge in [-0.25, -0.2) is 0 Å². The van der Waals surface area contributed by atoms with E-state index in [-0.39, 0.29) is 0 Å². The van der Waals surface area contributed by atoms with E-state index in [1.807, 2.05) is 0 Å². The Morgan fingerprint density at radius 2 is 1.95 bits per heavy atom. The van der Waals surface area contributed by atoms with E-state index >= 15 is 0 Å². The molecule has 1 rings (SSSR count). The van der Waals surface area contributed by atoms with Gasteiger partial charge in [0.15, 0.2) is 0 Å². The van der Waals surface area contributed by atoms with Crippen LogP contribution in [-0.2, 0) is 0 Å². The van der Waals surface area contributed by atoms with Gasteiger partial charge in [-0.05, 0) is 59.5 Å². The number of unbranched alkanes of at least 4 members (excludes halogenated alkanes) is 1. The number of hydrogen-bond donors (Lipinski definition) is 1. The summed E-state index contributed by atoms with van der Waals surface area (Å²) in [6.45, 7) is 10.1. The molecule has 0 aliphatic heterocycles. The SMILES string of the molecule is CCCCC(CC)CC(NCC)c1cccc(C)c1I. The van der Waals surface area contributed by atoms with Crippen LogP contribution < -0.4 is 5.32 Å². The van der Waals surface area contributed by atoms with Crippen molar-refractivity contribution in [2.24, 2.45) is 5.92 Å². The minimum absolute atomic E-state index is 0.508. The molecule has 1 nitrogen and oxygen atoms in total. The van der Waals surface area contributed by atoms with Crippen LogP contribution in [0.5, 0.6) is 0 Å². The van der Waals surface area contributed by atoms with Crippen LogP contribution >= 0.6 is 22.6 Å². The molecule has 20 heavy (non-hydrogen) atoms. The third-order valence-corrected chi connectivity index (χ3v) is 5.63. The molecule has 0 aliphatic carbocycles. The van der Waals surface area contributed by atoms with Gasteiger partial charge in [0.05, 0.1) is 0 Å². The third-order valence-electron chi connectivity index (χ3n) is 4.16. The van der Waals surface area contributed by atoms with Gasteiger partial charge in [0.1, 0.15) is 0 Å². The largest absolute Gasteiger partial charge is 0.310 e. The van der Waals surface area contributed by atoms with Gasteiger partial charge in [0.25, 0.3) is 0 Å². The number of nitrogens with one attached hydrogen (secondary N) is 1. The molecule has 2 heteroatoms. The van der Waals surface area contributed by atoms with Crippen LogP contribution in [0.4, 0.5) is 0 Å². The maximum Gasteiger partial charge on any atom is 0.0333 e. The van der Waals surface area contributed by atoms with Crippen LogP contribution in [0.15, 0.2) is 18.2 Å². The van der Waals surface area contributed by atoms with Crippen molar-refractivity contribution in [3.05, 3.63) is 32.9 Å². The Labute approximate surface area is 139 Å². The summed E-state index contributed by atoms with van der Waals surface area (Å²) in [6.07, 6.45) is 6.61. The highest BCUT2D eigenvalue weighted by Crippen LogP contribution is 2.30. The van der Waals surface area contributed by atoms with Crippen LogP contribution in [0.3, 0.4) is 0 Å². The molecule has 0 aliphatic rings. The summed E-state index contributed by atoms with van der Waals surface area (Å²) in [5.41, 5.74) is 2.88. The maximum absolute atomic E-state index is 3.70. The number of aryl methyl sites for hydroxylation is 1. The Kier molecular flexibility index (Phi) is 8.78. The minimum atomic E-state index is 0.508. The molecule has 0 radical (unpaired) electrons. The molecule has 0 amide bonds. The molecular weight excluding hydrogens is 357 g/mol. The summed E-state index contributed by atoms with van der Waals surface area (Å²) >= 11 is 2.51. The van der Waals surface area contributed by atoms with Crippen molar-refractivity contribution in [1.29, 1.82) is 0 Å². The van der Waals surface area contributed by atoms with Crippen molar-refractivity contribution >= 4 is 22.6 Å². The van der Waals surface area contributed by atoms with Gasteiger partial charge in [0.2, 0.25) is 0 Å². The average molecular weight is 387 g/mol. The van der Waals surface area contributed by atoms with Crippen LogP contribution in [0.1, 0.15) is 70.0 Å². The maximum atomic E-state index is 3.70. The van der Waals surface area contributed by atoms with E-state index in [0.717, 1.165) is 12.5 Å². The summed E-state index contributed by atoms with van der Waals surface area (Å²) in [7, 11) is 0. The van der Waals surface area contributed by atoms with Crippen molar-refractivity contribution < 1.29 is 0 Å². The zero-order valence-electron chi connectivity index (χ0n) is 13.5. The Hall–Kier alpha value is -0.0900. The second-order valence-corrected chi connectivity index (χ2v) is 6.82. The molecule has 0 saturated heterocycles. The molecule has 0 aromatic heterocycles. The van der Waals surface area contributed by atoms with Gasteiger partial charge in [-0.15, -0.1) is 0 Å². The van der Waals surface area contributed by atoms with Crippen molar-refractivity contribution in [3.63, 3.8) is 0 Å². The lowest BCUT2D eigenvalue weighted by molar-refractivity contribution is 0.356. The van der Waals surface area contributed by atoms with Gasteiger partial charge in [-0.3, -0.25) is 0 Å². The van der Waals surface area contributed by atoms with Crippen LogP contribution in [0, 0.1) is 16.4 Å². The molecule has 1 N–H and O–H groups in total. The van der Waals surface area contributed by atoms with E-state index in [1.165, 1.54) is 46.8 Å². The zero-order valence-corrected chi connectivity index (χ0v) is 15.7. The first-order chi connectivity index (χ1) is 9.63. The van der Waals surface area contributed by atoms with Crippen LogP contribution in [0.25, 0.3) is 0 Å². The lowest BCUT2D eigenvalue weighted by Gasteiger charge is -2.25. The first-order valence-corrected chi connectivity index (χ1v) is 9.20. The summed E-state index contributed by atoms with van der Waals surface area (Å²) < 4.78 is 1.43. The lowest BCUT2D eigenvalue weighted by Crippen LogP contribution is -2.24. The molecule has 0 fully saturated rings. The second-order valence-electron chi connectivity index (χ2n) is 5.74. The summed E-state index contributed by atoms with van der Waals surface area (Å²) in [5, 5.41) is 3.70. The van der Waals surface area contributed by atoms with E-state index < -0.39 is 0 Å². The minimum Gasteiger partial charge on any atom is -0.310 e. The molecular formula is C18H30IN. The second kappa shape index (κ2) is 9.78. The Morgan fingerprint density at radius 3 is 2.55 bits per heavy atom. The standard InChI is InChI=1S/C18H30IN/c1-5-8-11-15(6-2)13-17(20-7-3)16-12-9-10-14(4)18(16)19/h9-10,12,15,17,20H,5-8,11,13H2,1-4H3. The van der Waals surface area contributed by atoms with Crippen LogP contribution in [0.2, 0.25) is 0 Å². The fourth-order valence-electron chi connectivity index (χ4n) is 2.82. The quantitative estimate of drug-likeness (QED) is 0.524. The average Bonchev–Trinajstić information content (AvgIpc) is 2.45. The monoisotopic (exact) mass is 387 g/mol. The predicted molar refractivity (Wildman–Crippen MR) is 98.2 cm³/mol. The molecule has 0 heterocycles. The van der Waals surface area contributed by atoms with E-state index in [9.17, 15) is 0 Å². The van der Waals surface area contributed by atoms with Gasteiger partial charge >= 0.3 is 0 Å². The highest BCUT2D eigenvalue weighted by Gasteiger charge is 2.18. The van der Waals surface area contributed by atoms with Crippen molar-refractivity contribution in [2.75, 3.05) is 6.54 Å². The fourth-order valence-corrected chi connectivity index (χ4v) is 3.56. The molecule has 0 saturated carbocycles. The topological polar surface area (TPSA) is 12.0 Å². The number of halogens is 1. The van der Waals surface area contributed by atoms with Gasteiger partial charge in [-0.1, -0.05) is 64.7 Å². The van der Waals surface area contributed by atoms with Gasteiger partial charge in [0, 0.05) is 9.61 Å². The van der Waals surface area contributed by atoms with Crippen molar-refractivity contribution in [2.45, 2.75) is 65.8 Å². The summed E-state index contributed by atoms with van der Waals surface area (Å²) in [6, 6.07) is 7.22. The van der Waals surface area contributed by atoms with E-state index in [2.05, 4.69) is 73.8 Å². The van der Waals surface area contributed by atoms with Gasteiger partial charge in [-0.2, -0.15) is 0 Å². The Balaban J connectivity index is 2.84. The highest BCUT2D eigenvalue weighted by molar-refractivity contribution is 14.1. The molecule has 1 aromatic carbocycles. The van der Waals surface area contributed by atoms with Crippen LogP contribution in [-0.4, -0.2) is 6.54 Å². The zero-order chi connectivity index (χ0) is 15.0. The predicted octanol–water partition coefficient (Wildman–Crippen LogP) is 5.86. The van der Waals surface area contributed by atoms with Crippen molar-refractivity contribution in [3.8, 4) is 0 Å². The normalized spacial score (nSPS) is 14.2. The number of hydrogen-bond acceptors (Lipinski definition) is 1. The first kappa shape index (κ1) is 18.0. The van der Waals surface area contributed by atoms with Gasteiger partial charge < -0.3 is 5.32 Å². The fraction of sp³-hybridized carbons (Fsp3) is 0.667. The Bertz CT molecular complexity index is 389. The third kappa shape index (κ3) is 5.36. The highest BCUT2D eigenvalue weighted by atomic mass is 127. The van der Waals surface area contributed by atoms with Crippen molar-refractivity contribution in [1.82, 2.24) is 5.32 Å². The summed E-state index contributed by atoms with van der Waals surface area (Å²) in [4.78, 5) is 0. The summed E-state index contributed by atoms with van der Waals surface area (Å²) in [5.74, 6) is 0.843. The number of benzene rings is 1. The molecule has 2 atom stereocenters. The lowest BCUT2D eigenvalue weighted by atomic mass is 9.89. The molecule has 114 valence electrons. The van der Waals surface area contributed by atoms with E-state index in [0.29, 0.717) is 6.04 Å². The molecule has 0 spiro atoms. The van der Waals surface area contributed by atoms with E-state index in [4.69, 9.17) is 0 Å². The number of rotatable bonds is 9. The molecule has 0 bridgehead atoms. The van der Waals surface area contributed by atoms with E-state index in [1.54, 1.807) is 0 Å². The Morgan fingerprint density at radius 1 is 1.20 bits per heavy atom. The molecule has 1 aromatic rings. The smallest absolute Gasteiger partial charge is 0.0333 e. The molecule has 2 unspecified atom stereocenters.